The molecule has 2 aromatic carbocycles. The molecular formula is C14H6F4I2O4. The molecular weight excluding hydrogens is 562 g/mol. The highest BCUT2D eigenvalue weighted by Gasteiger charge is 2.25. The summed E-state index contributed by atoms with van der Waals surface area (Å²) in [5.41, 5.74) is 0.0570. The van der Waals surface area contributed by atoms with E-state index in [9.17, 15) is 27.5 Å². The Morgan fingerprint density at radius 2 is 1.71 bits per heavy atom. The number of halogens is 6. The van der Waals surface area contributed by atoms with Crippen LogP contribution in [-0.4, -0.2) is 17.9 Å². The van der Waals surface area contributed by atoms with Crippen molar-refractivity contribution in [2.75, 3.05) is 6.79 Å². The van der Waals surface area contributed by atoms with Crippen LogP contribution in [0.5, 0.6) is 11.5 Å². The number of hydrogen-bond donors (Lipinski definition) is 1. The minimum Gasteiger partial charge on any atom is -0.507 e. The van der Waals surface area contributed by atoms with Gasteiger partial charge in [-0.3, -0.25) is 0 Å². The number of phenols is 1. The van der Waals surface area contributed by atoms with Crippen LogP contribution in [-0.2, 0) is 4.74 Å². The topological polar surface area (TPSA) is 55.8 Å². The maximum atomic E-state index is 13.7. The van der Waals surface area contributed by atoms with Gasteiger partial charge in [0.2, 0.25) is 12.6 Å². The highest BCUT2D eigenvalue weighted by molar-refractivity contribution is 14.1. The predicted molar refractivity (Wildman–Crippen MR) is 90.7 cm³/mol. The summed E-state index contributed by atoms with van der Waals surface area (Å²) in [5.74, 6) is -8.99. The van der Waals surface area contributed by atoms with E-state index in [1.807, 2.05) is 0 Å². The van der Waals surface area contributed by atoms with Crippen molar-refractivity contribution < 1.29 is 36.9 Å². The average Bonchev–Trinajstić information content (AvgIpc) is 2.56. The molecule has 0 aliphatic heterocycles. The molecule has 0 unspecified atom stereocenters. The van der Waals surface area contributed by atoms with E-state index in [4.69, 9.17) is 0 Å². The van der Waals surface area contributed by atoms with Crippen LogP contribution in [0.25, 0.3) is 0 Å². The van der Waals surface area contributed by atoms with Crippen LogP contribution in [0.15, 0.2) is 18.2 Å². The van der Waals surface area contributed by atoms with Gasteiger partial charge in [0.25, 0.3) is 0 Å². The van der Waals surface area contributed by atoms with Crippen LogP contribution in [0.4, 0.5) is 17.6 Å². The van der Waals surface area contributed by atoms with Crippen molar-refractivity contribution in [2.24, 2.45) is 0 Å². The summed E-state index contributed by atoms with van der Waals surface area (Å²) >= 11 is 2.93. The number of carbonyl (C=O) groups excluding carboxylic acids is 1. The monoisotopic (exact) mass is 568 g/mol. The molecule has 0 amide bonds. The van der Waals surface area contributed by atoms with Crippen LogP contribution < -0.4 is 4.74 Å². The van der Waals surface area contributed by atoms with Gasteiger partial charge in [-0.2, -0.15) is 4.39 Å². The van der Waals surface area contributed by atoms with Crippen LogP contribution >= 0.6 is 45.2 Å². The Morgan fingerprint density at radius 1 is 1.04 bits per heavy atom. The second-order valence-electron chi connectivity index (χ2n) is 4.26. The van der Waals surface area contributed by atoms with Crippen molar-refractivity contribution in [3.05, 3.63) is 54.2 Å². The number of ether oxygens (including phenoxy) is 2. The molecule has 0 fully saturated rings. The molecule has 0 aromatic heterocycles. The molecule has 2 rings (SSSR count). The Kier molecular flexibility index (Phi) is 6.11. The van der Waals surface area contributed by atoms with Crippen LogP contribution in [0.2, 0.25) is 0 Å². The number of benzene rings is 2. The molecule has 0 aliphatic carbocycles. The van der Waals surface area contributed by atoms with Gasteiger partial charge in [-0.1, -0.05) is 0 Å². The molecule has 10 heteroatoms. The van der Waals surface area contributed by atoms with Crippen molar-refractivity contribution in [3.63, 3.8) is 0 Å². The zero-order valence-corrected chi connectivity index (χ0v) is 15.7. The summed E-state index contributed by atoms with van der Waals surface area (Å²) in [6, 6.07) is 3.84. The lowest BCUT2D eigenvalue weighted by molar-refractivity contribution is 0.0127. The Labute approximate surface area is 160 Å². The molecule has 0 bridgehead atoms. The average molecular weight is 568 g/mol. The molecule has 0 atom stereocenters. The Bertz CT molecular complexity index is 785. The molecule has 24 heavy (non-hydrogen) atoms. The SMILES string of the molecule is O=C(OCOc1c(F)c(F)c(F)c(I)c1F)c1ccc(O)c(I)c1. The minimum absolute atomic E-state index is 0.0381. The largest absolute Gasteiger partial charge is 0.507 e. The first-order valence-electron chi connectivity index (χ1n) is 6.04. The van der Waals surface area contributed by atoms with Crippen molar-refractivity contribution in [2.45, 2.75) is 0 Å². The highest BCUT2D eigenvalue weighted by atomic mass is 127. The van der Waals surface area contributed by atoms with E-state index >= 15 is 0 Å². The van der Waals surface area contributed by atoms with Gasteiger partial charge in [-0.05, 0) is 63.4 Å². The Morgan fingerprint density at radius 3 is 2.33 bits per heavy atom. The Balaban J connectivity index is 2.09. The van der Waals surface area contributed by atoms with E-state index in [1.54, 1.807) is 22.6 Å². The standard InChI is InChI=1S/C14H6F4I2O4/c15-8-9(16)12(20)11(18)13(10(8)17)23-4-24-14(22)5-1-2-7(21)6(19)3-5/h1-3,21H,4H2. The van der Waals surface area contributed by atoms with E-state index in [-0.39, 0.29) is 11.3 Å². The van der Waals surface area contributed by atoms with Crippen molar-refractivity contribution >= 4 is 51.2 Å². The van der Waals surface area contributed by atoms with Gasteiger partial charge < -0.3 is 14.6 Å². The summed E-state index contributed by atoms with van der Waals surface area (Å²) in [4.78, 5) is 11.7. The molecule has 0 radical (unpaired) electrons. The minimum atomic E-state index is -1.89. The summed E-state index contributed by atoms with van der Waals surface area (Å²) in [7, 11) is 0. The highest BCUT2D eigenvalue weighted by Crippen LogP contribution is 2.31. The predicted octanol–water partition coefficient (Wildman–Crippen LogP) is 4.35. The third-order valence-corrected chi connectivity index (χ3v) is 4.56. The van der Waals surface area contributed by atoms with Crippen LogP contribution in [0.3, 0.4) is 0 Å². The third kappa shape index (κ3) is 3.84. The van der Waals surface area contributed by atoms with Gasteiger partial charge in [0.05, 0.1) is 12.7 Å². The molecule has 4 nitrogen and oxygen atoms in total. The van der Waals surface area contributed by atoms with Crippen LogP contribution in [0, 0.1) is 30.4 Å². The van der Waals surface area contributed by atoms with E-state index in [2.05, 4.69) is 9.47 Å². The molecule has 0 aliphatic rings. The number of rotatable bonds is 4. The van der Waals surface area contributed by atoms with Gasteiger partial charge in [0.1, 0.15) is 5.75 Å². The van der Waals surface area contributed by atoms with Crippen LogP contribution in [0.1, 0.15) is 10.4 Å². The van der Waals surface area contributed by atoms with Gasteiger partial charge >= 0.3 is 5.97 Å². The van der Waals surface area contributed by atoms with Gasteiger partial charge in [-0.15, -0.1) is 0 Å². The zero-order valence-electron chi connectivity index (χ0n) is 11.4. The summed E-state index contributed by atoms with van der Waals surface area (Å²) in [5, 5.41) is 9.35. The van der Waals surface area contributed by atoms with Gasteiger partial charge in [0.15, 0.2) is 23.2 Å². The fraction of sp³-hybridized carbons (Fsp3) is 0.0714. The first-order valence-corrected chi connectivity index (χ1v) is 8.19. The summed E-state index contributed by atoms with van der Waals surface area (Å²) < 4.78 is 62.4. The lowest BCUT2D eigenvalue weighted by Crippen LogP contribution is -2.13. The molecule has 128 valence electrons. The van der Waals surface area contributed by atoms with Crippen molar-refractivity contribution in [1.29, 1.82) is 0 Å². The van der Waals surface area contributed by atoms with Gasteiger partial charge in [-0.25, -0.2) is 18.0 Å². The van der Waals surface area contributed by atoms with Gasteiger partial charge in [0, 0.05) is 0 Å². The zero-order chi connectivity index (χ0) is 18.0. The first kappa shape index (κ1) is 19.0. The molecule has 0 saturated carbocycles. The lowest BCUT2D eigenvalue weighted by Gasteiger charge is -2.11. The van der Waals surface area contributed by atoms with E-state index < -0.39 is 45.4 Å². The second kappa shape index (κ2) is 7.72. The number of aromatic hydroxyl groups is 1. The molecule has 0 spiro atoms. The number of hydrogen-bond acceptors (Lipinski definition) is 4. The fourth-order valence-corrected chi connectivity index (χ4v) is 2.57. The fourth-order valence-electron chi connectivity index (χ4n) is 1.57. The molecule has 0 saturated heterocycles. The van der Waals surface area contributed by atoms with E-state index in [1.165, 1.54) is 18.2 Å². The summed E-state index contributed by atoms with van der Waals surface area (Å²) in [6.45, 7) is -0.925. The van der Waals surface area contributed by atoms with E-state index in [0.29, 0.717) is 3.57 Å². The maximum Gasteiger partial charge on any atom is 0.341 e. The quantitative estimate of drug-likeness (QED) is 0.149. The van der Waals surface area contributed by atoms with E-state index in [0.717, 1.165) is 22.6 Å². The number of esters is 1. The first-order chi connectivity index (χ1) is 11.2. The number of carbonyl (C=O) groups is 1. The smallest absolute Gasteiger partial charge is 0.341 e. The van der Waals surface area contributed by atoms with Crippen molar-refractivity contribution in [3.8, 4) is 11.5 Å². The molecule has 2 aromatic rings. The second-order valence-corrected chi connectivity index (χ2v) is 6.50. The summed E-state index contributed by atoms with van der Waals surface area (Å²) in [6.07, 6.45) is 0. The third-order valence-electron chi connectivity index (χ3n) is 2.75. The number of phenolic OH excluding ortho intramolecular Hbond substituents is 1. The molecule has 0 heterocycles. The van der Waals surface area contributed by atoms with Crippen molar-refractivity contribution in [1.82, 2.24) is 0 Å². The molecule has 1 N–H and O–H groups in total. The normalized spacial score (nSPS) is 10.6. The maximum absolute atomic E-state index is 13.7. The lowest BCUT2D eigenvalue weighted by atomic mass is 10.2. The Hall–Kier alpha value is -1.31.